The summed E-state index contributed by atoms with van der Waals surface area (Å²) in [7, 11) is 0. The van der Waals surface area contributed by atoms with Crippen molar-refractivity contribution >= 4 is 5.91 Å². The molecule has 1 aromatic rings. The molecule has 0 saturated carbocycles. The Hall–Kier alpha value is -1.42. The van der Waals surface area contributed by atoms with Crippen LogP contribution in [0.4, 0.5) is 0 Å². The third kappa shape index (κ3) is 8.58. The summed E-state index contributed by atoms with van der Waals surface area (Å²) >= 11 is 0. The molecule has 0 aliphatic heterocycles. The van der Waals surface area contributed by atoms with E-state index in [1.807, 2.05) is 23.6 Å². The fraction of sp³-hybridized carbons (Fsp3) is 0.143. The normalized spacial score (nSPS) is 7.45. The highest BCUT2D eigenvalue weighted by Crippen LogP contribution is 1.73. The van der Waals surface area contributed by atoms with E-state index in [1.54, 1.807) is 12.4 Å². The molecule has 0 radical (unpaired) electrons. The lowest BCUT2D eigenvalue weighted by Gasteiger charge is -1.80. The Morgan fingerprint density at radius 3 is 1.91 bits per heavy atom. The highest BCUT2D eigenvalue weighted by atomic mass is 16.2. The lowest BCUT2D eigenvalue weighted by molar-refractivity contribution is -0.119. The number of hydrogen-bond acceptors (Lipinski definition) is 3. The van der Waals surface area contributed by atoms with Gasteiger partial charge in [-0.15, -0.1) is 0 Å². The lowest BCUT2D eigenvalue weighted by Crippen LogP contribution is -2.26. The van der Waals surface area contributed by atoms with Crippen molar-refractivity contribution in [3.63, 3.8) is 0 Å². The van der Waals surface area contributed by atoms with E-state index in [2.05, 4.69) is 10.8 Å². The van der Waals surface area contributed by atoms with Crippen molar-refractivity contribution < 1.29 is 4.79 Å². The van der Waals surface area contributed by atoms with E-state index in [0.29, 0.717) is 0 Å². The van der Waals surface area contributed by atoms with Crippen molar-refractivity contribution in [1.82, 2.24) is 10.4 Å². The third-order valence-corrected chi connectivity index (χ3v) is 0.770. The number of nitrogens with one attached hydrogen (secondary N) is 1. The van der Waals surface area contributed by atoms with Crippen molar-refractivity contribution in [2.75, 3.05) is 0 Å². The first-order valence-corrected chi connectivity index (χ1v) is 3.09. The van der Waals surface area contributed by atoms with Crippen molar-refractivity contribution in [2.24, 2.45) is 5.84 Å². The van der Waals surface area contributed by atoms with Crippen LogP contribution in [0, 0.1) is 0 Å². The molecule has 0 saturated heterocycles. The van der Waals surface area contributed by atoms with Crippen molar-refractivity contribution in [1.29, 1.82) is 0 Å². The van der Waals surface area contributed by atoms with Crippen LogP contribution in [0.3, 0.4) is 0 Å². The minimum absolute atomic E-state index is 0.218. The summed E-state index contributed by atoms with van der Waals surface area (Å²) in [6.45, 7) is 1.35. The summed E-state index contributed by atoms with van der Waals surface area (Å²) in [5, 5.41) is 0. The fourth-order valence-corrected chi connectivity index (χ4v) is 0.313. The van der Waals surface area contributed by atoms with E-state index in [0.717, 1.165) is 0 Å². The Labute approximate surface area is 65.4 Å². The largest absolute Gasteiger partial charge is 0.295 e. The summed E-state index contributed by atoms with van der Waals surface area (Å²) in [4.78, 5) is 13.4. The molecule has 1 rings (SSSR count). The maximum Gasteiger partial charge on any atom is 0.230 e. The average molecular weight is 153 g/mol. The molecule has 1 heterocycles. The monoisotopic (exact) mass is 153 g/mol. The van der Waals surface area contributed by atoms with E-state index in [1.165, 1.54) is 6.92 Å². The number of hydrogen-bond donors (Lipinski definition) is 2. The van der Waals surface area contributed by atoms with Gasteiger partial charge in [-0.25, -0.2) is 5.84 Å². The molecule has 1 amide bonds. The summed E-state index contributed by atoms with van der Waals surface area (Å²) in [5.74, 6) is 4.35. The van der Waals surface area contributed by atoms with Crippen molar-refractivity contribution in [3.05, 3.63) is 30.6 Å². The zero-order chi connectivity index (χ0) is 8.53. The first kappa shape index (κ1) is 9.58. The predicted molar refractivity (Wildman–Crippen MR) is 42.2 cm³/mol. The molecular formula is C7H11N3O. The smallest absolute Gasteiger partial charge is 0.230 e. The van der Waals surface area contributed by atoms with Crippen molar-refractivity contribution in [3.8, 4) is 0 Å². The number of pyridine rings is 1. The second-order valence-corrected chi connectivity index (χ2v) is 1.73. The van der Waals surface area contributed by atoms with Gasteiger partial charge < -0.3 is 0 Å². The number of nitrogens with zero attached hydrogens (tertiary/aromatic N) is 1. The number of hydrazine groups is 1. The topological polar surface area (TPSA) is 68.0 Å². The van der Waals surface area contributed by atoms with Crippen LogP contribution in [0.1, 0.15) is 6.92 Å². The van der Waals surface area contributed by atoms with Crippen LogP contribution >= 0.6 is 0 Å². The van der Waals surface area contributed by atoms with E-state index in [4.69, 9.17) is 0 Å². The SMILES string of the molecule is CC(=O)NN.c1ccncc1. The van der Waals surface area contributed by atoms with E-state index in [9.17, 15) is 4.79 Å². The average Bonchev–Trinajstić information content (AvgIpc) is 2.09. The van der Waals surface area contributed by atoms with Crippen LogP contribution in [0.5, 0.6) is 0 Å². The van der Waals surface area contributed by atoms with Gasteiger partial charge in [-0.3, -0.25) is 15.2 Å². The maximum absolute atomic E-state index is 9.58. The molecule has 0 unspecified atom stereocenters. The predicted octanol–water partition coefficient (Wildman–Crippen LogP) is 0.0778. The Morgan fingerprint density at radius 2 is 1.82 bits per heavy atom. The van der Waals surface area contributed by atoms with E-state index < -0.39 is 0 Å². The van der Waals surface area contributed by atoms with Gasteiger partial charge in [0.1, 0.15) is 0 Å². The zero-order valence-corrected chi connectivity index (χ0v) is 6.32. The summed E-state index contributed by atoms with van der Waals surface area (Å²) < 4.78 is 0. The lowest BCUT2D eigenvalue weighted by atomic mass is 10.5. The first-order valence-electron chi connectivity index (χ1n) is 3.09. The molecule has 4 nitrogen and oxygen atoms in total. The number of amides is 1. The molecule has 0 aromatic carbocycles. The quantitative estimate of drug-likeness (QED) is 0.315. The summed E-state index contributed by atoms with van der Waals surface area (Å²) in [6.07, 6.45) is 3.50. The van der Waals surface area contributed by atoms with Gasteiger partial charge in [-0.05, 0) is 12.1 Å². The minimum atomic E-state index is -0.218. The molecule has 0 aliphatic rings. The molecule has 0 fully saturated rings. The summed E-state index contributed by atoms with van der Waals surface area (Å²) in [6, 6.07) is 5.72. The molecular weight excluding hydrogens is 142 g/mol. The molecule has 0 spiro atoms. The van der Waals surface area contributed by atoms with Crippen LogP contribution in [0.2, 0.25) is 0 Å². The number of nitrogens with two attached hydrogens (primary N) is 1. The number of carbonyl (C=O) groups is 1. The molecule has 0 bridgehead atoms. The molecule has 11 heavy (non-hydrogen) atoms. The molecule has 0 aliphatic carbocycles. The van der Waals surface area contributed by atoms with Gasteiger partial charge >= 0.3 is 0 Å². The van der Waals surface area contributed by atoms with Gasteiger partial charge in [0.15, 0.2) is 0 Å². The van der Waals surface area contributed by atoms with Gasteiger partial charge in [0.2, 0.25) is 5.91 Å². The molecule has 3 N–H and O–H groups in total. The number of carbonyl (C=O) groups excluding carboxylic acids is 1. The summed E-state index contributed by atoms with van der Waals surface area (Å²) in [5.41, 5.74) is 1.89. The highest BCUT2D eigenvalue weighted by Gasteiger charge is 1.73. The van der Waals surface area contributed by atoms with Crippen LogP contribution in [0.15, 0.2) is 30.6 Å². The van der Waals surface area contributed by atoms with Crippen LogP contribution in [-0.4, -0.2) is 10.9 Å². The van der Waals surface area contributed by atoms with Crippen LogP contribution in [-0.2, 0) is 4.79 Å². The number of rotatable bonds is 0. The maximum atomic E-state index is 9.58. The second-order valence-electron chi connectivity index (χ2n) is 1.73. The van der Waals surface area contributed by atoms with Crippen molar-refractivity contribution in [2.45, 2.75) is 6.92 Å². The number of aromatic nitrogens is 1. The van der Waals surface area contributed by atoms with Gasteiger partial charge in [0, 0.05) is 19.3 Å². The van der Waals surface area contributed by atoms with Gasteiger partial charge in [-0.1, -0.05) is 6.07 Å². The standard InChI is InChI=1S/C5H5N.C2H6N2O/c1-2-4-6-5-3-1;1-2(5)4-3/h1-5H;3H2,1H3,(H,4,5). The third-order valence-electron chi connectivity index (χ3n) is 0.770. The van der Waals surface area contributed by atoms with Gasteiger partial charge in [0.25, 0.3) is 0 Å². The fourth-order valence-electron chi connectivity index (χ4n) is 0.313. The van der Waals surface area contributed by atoms with E-state index in [-0.39, 0.29) is 5.91 Å². The Bertz CT molecular complexity index is 161. The Balaban J connectivity index is 0.000000187. The second kappa shape index (κ2) is 6.70. The molecule has 1 aromatic heterocycles. The van der Waals surface area contributed by atoms with Gasteiger partial charge in [0.05, 0.1) is 0 Å². The Morgan fingerprint density at radius 1 is 1.36 bits per heavy atom. The molecule has 60 valence electrons. The van der Waals surface area contributed by atoms with Crippen LogP contribution in [0.25, 0.3) is 0 Å². The first-order chi connectivity index (χ1) is 5.27. The zero-order valence-electron chi connectivity index (χ0n) is 6.32. The minimum Gasteiger partial charge on any atom is -0.295 e. The highest BCUT2D eigenvalue weighted by molar-refractivity contribution is 5.71. The van der Waals surface area contributed by atoms with Gasteiger partial charge in [-0.2, -0.15) is 0 Å². The molecule has 4 heteroatoms. The Kier molecular flexibility index (Phi) is 5.83. The van der Waals surface area contributed by atoms with E-state index >= 15 is 0 Å². The molecule has 0 atom stereocenters. The van der Waals surface area contributed by atoms with Crippen LogP contribution < -0.4 is 11.3 Å².